The zero-order valence-corrected chi connectivity index (χ0v) is 15.6. The number of aromatic amines is 1. The largest absolute Gasteiger partial charge is 0.497 e. The zero-order chi connectivity index (χ0) is 18.8. The van der Waals surface area contributed by atoms with Gasteiger partial charge in [-0.2, -0.15) is 5.10 Å². The van der Waals surface area contributed by atoms with Crippen LogP contribution in [0, 0.1) is 5.92 Å². The van der Waals surface area contributed by atoms with Crippen LogP contribution in [-0.2, 0) is 12.8 Å². The highest BCUT2D eigenvalue weighted by Crippen LogP contribution is 2.32. The van der Waals surface area contributed by atoms with Gasteiger partial charge in [0.05, 0.1) is 13.3 Å². The molecule has 0 saturated carbocycles. The second kappa shape index (κ2) is 7.27. The Bertz CT molecular complexity index is 1000. The number of carbonyl (C=O) groups excluding carboxylic acids is 1. The molecule has 1 unspecified atom stereocenters. The Labute approximate surface area is 158 Å². The Balaban J connectivity index is 1.50. The fourth-order valence-electron chi connectivity index (χ4n) is 3.65. The molecule has 3 aromatic rings. The SMILES string of the molecule is COc1ccc(/C=N\NC(=O)c2ccc3[nH]c4c(c3c2)CC(C)CC4)cc1. The molecular weight excluding hydrogens is 338 g/mol. The predicted octanol–water partition coefficient (Wildman–Crippen LogP) is 4.07. The fourth-order valence-corrected chi connectivity index (χ4v) is 3.65. The van der Waals surface area contributed by atoms with Gasteiger partial charge in [0.15, 0.2) is 0 Å². The number of amides is 1. The summed E-state index contributed by atoms with van der Waals surface area (Å²) in [5.41, 5.74) is 7.90. The molecule has 1 aromatic heterocycles. The van der Waals surface area contributed by atoms with Crippen molar-refractivity contribution in [2.45, 2.75) is 26.2 Å². The first kappa shape index (κ1) is 17.3. The maximum absolute atomic E-state index is 12.5. The minimum absolute atomic E-state index is 0.208. The van der Waals surface area contributed by atoms with Crippen molar-refractivity contribution in [3.05, 3.63) is 64.8 Å². The molecule has 4 rings (SSSR count). The van der Waals surface area contributed by atoms with Crippen LogP contribution in [0.2, 0.25) is 0 Å². The van der Waals surface area contributed by atoms with E-state index in [1.165, 1.54) is 17.7 Å². The molecule has 1 aliphatic rings. The van der Waals surface area contributed by atoms with Crippen LogP contribution in [0.4, 0.5) is 0 Å². The summed E-state index contributed by atoms with van der Waals surface area (Å²) in [5, 5.41) is 5.22. The first-order valence-corrected chi connectivity index (χ1v) is 9.25. The van der Waals surface area contributed by atoms with Crippen molar-refractivity contribution < 1.29 is 9.53 Å². The molecule has 2 aromatic carbocycles. The summed E-state index contributed by atoms with van der Waals surface area (Å²) in [6.07, 6.45) is 4.98. The quantitative estimate of drug-likeness (QED) is 0.543. The minimum Gasteiger partial charge on any atom is -0.497 e. The summed E-state index contributed by atoms with van der Waals surface area (Å²) in [6.45, 7) is 2.28. The number of carbonyl (C=O) groups is 1. The molecule has 1 aliphatic carbocycles. The van der Waals surface area contributed by atoms with E-state index >= 15 is 0 Å². The zero-order valence-electron chi connectivity index (χ0n) is 15.6. The smallest absolute Gasteiger partial charge is 0.271 e. The highest BCUT2D eigenvalue weighted by atomic mass is 16.5. The average molecular weight is 361 g/mol. The molecule has 0 bridgehead atoms. The van der Waals surface area contributed by atoms with Crippen molar-refractivity contribution in [1.29, 1.82) is 0 Å². The topological polar surface area (TPSA) is 66.5 Å². The summed E-state index contributed by atoms with van der Waals surface area (Å²) in [5.74, 6) is 1.26. The monoisotopic (exact) mass is 361 g/mol. The maximum atomic E-state index is 12.5. The van der Waals surface area contributed by atoms with Gasteiger partial charge in [0.2, 0.25) is 0 Å². The third-order valence-electron chi connectivity index (χ3n) is 5.19. The third-order valence-corrected chi connectivity index (χ3v) is 5.19. The van der Waals surface area contributed by atoms with Gasteiger partial charge in [-0.1, -0.05) is 6.92 Å². The van der Waals surface area contributed by atoms with Crippen molar-refractivity contribution in [3.8, 4) is 5.75 Å². The van der Waals surface area contributed by atoms with E-state index in [1.807, 2.05) is 42.5 Å². The van der Waals surface area contributed by atoms with Crippen molar-refractivity contribution >= 4 is 23.0 Å². The molecule has 138 valence electrons. The lowest BCUT2D eigenvalue weighted by Crippen LogP contribution is -2.17. The number of hydrazone groups is 1. The van der Waals surface area contributed by atoms with Gasteiger partial charge in [-0.05, 0) is 78.8 Å². The number of aromatic nitrogens is 1. The van der Waals surface area contributed by atoms with Gasteiger partial charge in [-0.15, -0.1) is 0 Å². The molecule has 1 amide bonds. The van der Waals surface area contributed by atoms with E-state index in [1.54, 1.807) is 13.3 Å². The van der Waals surface area contributed by atoms with E-state index in [4.69, 9.17) is 4.74 Å². The number of rotatable bonds is 4. The molecule has 0 aliphatic heterocycles. The Morgan fingerprint density at radius 2 is 2.07 bits per heavy atom. The van der Waals surface area contributed by atoms with Crippen LogP contribution in [0.3, 0.4) is 0 Å². The van der Waals surface area contributed by atoms with Crippen molar-refractivity contribution in [1.82, 2.24) is 10.4 Å². The molecule has 0 spiro atoms. The Morgan fingerprint density at radius 1 is 1.26 bits per heavy atom. The normalized spacial score (nSPS) is 16.4. The van der Waals surface area contributed by atoms with Crippen LogP contribution in [-0.4, -0.2) is 24.2 Å². The molecule has 0 fully saturated rings. The van der Waals surface area contributed by atoms with Gasteiger partial charge < -0.3 is 9.72 Å². The van der Waals surface area contributed by atoms with E-state index in [0.717, 1.165) is 35.1 Å². The summed E-state index contributed by atoms with van der Waals surface area (Å²) < 4.78 is 5.13. The number of aryl methyl sites for hydroxylation is 1. The Hall–Kier alpha value is -3.08. The van der Waals surface area contributed by atoms with E-state index in [9.17, 15) is 4.79 Å². The third kappa shape index (κ3) is 3.58. The van der Waals surface area contributed by atoms with Crippen molar-refractivity contribution in [3.63, 3.8) is 0 Å². The number of fused-ring (bicyclic) bond motifs is 3. The number of H-pyrrole nitrogens is 1. The fraction of sp³-hybridized carbons (Fsp3) is 0.273. The summed E-state index contributed by atoms with van der Waals surface area (Å²) >= 11 is 0. The van der Waals surface area contributed by atoms with Crippen LogP contribution in [0.5, 0.6) is 5.75 Å². The van der Waals surface area contributed by atoms with Gasteiger partial charge in [-0.25, -0.2) is 5.43 Å². The maximum Gasteiger partial charge on any atom is 0.271 e. The van der Waals surface area contributed by atoms with E-state index in [2.05, 4.69) is 22.4 Å². The number of nitrogens with one attached hydrogen (secondary N) is 2. The molecule has 0 saturated heterocycles. The molecular formula is C22H23N3O2. The van der Waals surface area contributed by atoms with Crippen LogP contribution in [0.25, 0.3) is 10.9 Å². The molecule has 5 nitrogen and oxygen atoms in total. The molecule has 1 atom stereocenters. The first-order valence-electron chi connectivity index (χ1n) is 9.25. The number of methoxy groups -OCH3 is 1. The first-order chi connectivity index (χ1) is 13.1. The van der Waals surface area contributed by atoms with Gasteiger partial charge in [0.1, 0.15) is 5.75 Å². The van der Waals surface area contributed by atoms with Crippen LogP contribution in [0.15, 0.2) is 47.6 Å². The summed E-state index contributed by atoms with van der Waals surface area (Å²) in [7, 11) is 1.63. The number of ether oxygens (including phenoxy) is 1. The van der Waals surface area contributed by atoms with E-state index < -0.39 is 0 Å². The molecule has 27 heavy (non-hydrogen) atoms. The minimum atomic E-state index is -0.208. The molecule has 2 N–H and O–H groups in total. The van der Waals surface area contributed by atoms with Crippen LogP contribution in [0.1, 0.15) is 40.5 Å². The lowest BCUT2D eigenvalue weighted by atomic mass is 9.87. The highest BCUT2D eigenvalue weighted by Gasteiger charge is 2.20. The lowest BCUT2D eigenvalue weighted by molar-refractivity contribution is 0.0955. The molecule has 1 heterocycles. The number of hydrogen-bond donors (Lipinski definition) is 2. The predicted molar refractivity (Wildman–Crippen MR) is 108 cm³/mol. The lowest BCUT2D eigenvalue weighted by Gasteiger charge is -2.18. The molecule has 0 radical (unpaired) electrons. The van der Waals surface area contributed by atoms with Gasteiger partial charge >= 0.3 is 0 Å². The second-order valence-corrected chi connectivity index (χ2v) is 7.16. The van der Waals surface area contributed by atoms with Gasteiger partial charge in [0.25, 0.3) is 5.91 Å². The van der Waals surface area contributed by atoms with Crippen LogP contribution < -0.4 is 10.2 Å². The summed E-state index contributed by atoms with van der Waals surface area (Å²) in [6, 6.07) is 13.3. The van der Waals surface area contributed by atoms with Gasteiger partial charge in [0, 0.05) is 22.2 Å². The number of hydrogen-bond acceptors (Lipinski definition) is 3. The van der Waals surface area contributed by atoms with Crippen LogP contribution >= 0.6 is 0 Å². The average Bonchev–Trinajstić information content (AvgIpc) is 3.05. The highest BCUT2D eigenvalue weighted by molar-refractivity contribution is 5.99. The second-order valence-electron chi connectivity index (χ2n) is 7.16. The molecule has 5 heteroatoms. The summed E-state index contributed by atoms with van der Waals surface area (Å²) in [4.78, 5) is 16.0. The van der Waals surface area contributed by atoms with Crippen molar-refractivity contribution in [2.75, 3.05) is 7.11 Å². The van der Waals surface area contributed by atoms with E-state index in [-0.39, 0.29) is 5.91 Å². The Kier molecular flexibility index (Phi) is 4.67. The number of nitrogens with zero attached hydrogens (tertiary/aromatic N) is 1. The standard InChI is InChI=1S/C22H23N3O2/c1-14-3-9-20-18(11-14)19-12-16(6-10-21(19)24-20)22(26)25-23-13-15-4-7-17(27-2)8-5-15/h4-8,10,12-14,24H,3,9,11H2,1-2H3,(H,25,26)/b23-13-. The van der Waals surface area contributed by atoms with E-state index in [0.29, 0.717) is 11.5 Å². The Morgan fingerprint density at radius 3 is 2.85 bits per heavy atom. The van der Waals surface area contributed by atoms with Gasteiger partial charge in [-0.3, -0.25) is 4.79 Å². The van der Waals surface area contributed by atoms with Crippen molar-refractivity contribution in [2.24, 2.45) is 11.0 Å². The number of benzene rings is 2.